The van der Waals surface area contributed by atoms with Crippen LogP contribution in [0.4, 0.5) is 11.5 Å². The number of benzene rings is 1. The molecule has 3 heteroatoms. The Bertz CT molecular complexity index is 509. The molecular weight excluding hydrogens is 200 g/mol. The standard InChI is InChI=1S/C13H12N2O/c1-10-4-2-6-12(8-10)15-13-11(9-16)5-3-7-14-13/h2-9H,1H3,(H,14,15). The highest BCUT2D eigenvalue weighted by Gasteiger charge is 2.01. The average molecular weight is 212 g/mol. The number of hydrogen-bond acceptors (Lipinski definition) is 3. The van der Waals surface area contributed by atoms with E-state index < -0.39 is 0 Å². The second-order valence-electron chi connectivity index (χ2n) is 3.55. The summed E-state index contributed by atoms with van der Waals surface area (Å²) >= 11 is 0. The average Bonchev–Trinajstić information content (AvgIpc) is 2.30. The van der Waals surface area contributed by atoms with Crippen LogP contribution in [0.15, 0.2) is 42.6 Å². The fourth-order valence-corrected chi connectivity index (χ4v) is 1.48. The minimum absolute atomic E-state index is 0.559. The van der Waals surface area contributed by atoms with Gasteiger partial charge in [-0.2, -0.15) is 0 Å². The van der Waals surface area contributed by atoms with Gasteiger partial charge in [0.15, 0.2) is 6.29 Å². The molecule has 3 nitrogen and oxygen atoms in total. The number of pyridine rings is 1. The summed E-state index contributed by atoms with van der Waals surface area (Å²) in [5.74, 6) is 0.586. The Labute approximate surface area is 94.1 Å². The van der Waals surface area contributed by atoms with Crippen LogP contribution in [0.25, 0.3) is 0 Å². The monoisotopic (exact) mass is 212 g/mol. The number of aromatic nitrogens is 1. The number of aryl methyl sites for hydroxylation is 1. The van der Waals surface area contributed by atoms with Crippen LogP contribution in [0.1, 0.15) is 15.9 Å². The lowest BCUT2D eigenvalue weighted by Crippen LogP contribution is -1.97. The van der Waals surface area contributed by atoms with Crippen molar-refractivity contribution in [2.75, 3.05) is 5.32 Å². The van der Waals surface area contributed by atoms with E-state index in [1.165, 1.54) is 0 Å². The summed E-state index contributed by atoms with van der Waals surface area (Å²) in [6.07, 6.45) is 2.45. The molecule has 16 heavy (non-hydrogen) atoms. The summed E-state index contributed by atoms with van der Waals surface area (Å²) in [7, 11) is 0. The van der Waals surface area contributed by atoms with E-state index >= 15 is 0 Å². The molecule has 2 aromatic rings. The van der Waals surface area contributed by atoms with Crippen LogP contribution >= 0.6 is 0 Å². The molecule has 0 aliphatic rings. The highest BCUT2D eigenvalue weighted by molar-refractivity contribution is 5.83. The first kappa shape index (κ1) is 10.4. The summed E-state index contributed by atoms with van der Waals surface area (Å²) in [5, 5.41) is 3.12. The molecule has 0 saturated heterocycles. The third-order valence-electron chi connectivity index (χ3n) is 2.25. The van der Waals surface area contributed by atoms with Gasteiger partial charge in [0.1, 0.15) is 5.82 Å². The lowest BCUT2D eigenvalue weighted by Gasteiger charge is -2.07. The molecule has 0 amide bonds. The molecule has 80 valence electrons. The molecule has 0 bridgehead atoms. The Morgan fingerprint density at radius 2 is 2.12 bits per heavy atom. The van der Waals surface area contributed by atoms with Gasteiger partial charge in [-0.05, 0) is 36.8 Å². The number of hydrogen-bond donors (Lipinski definition) is 1. The Balaban J connectivity index is 2.30. The quantitative estimate of drug-likeness (QED) is 0.795. The third kappa shape index (κ3) is 2.25. The lowest BCUT2D eigenvalue weighted by molar-refractivity contribution is 0.112. The first-order valence-electron chi connectivity index (χ1n) is 5.03. The highest BCUT2D eigenvalue weighted by Crippen LogP contribution is 2.17. The van der Waals surface area contributed by atoms with Crippen molar-refractivity contribution in [2.24, 2.45) is 0 Å². The summed E-state index contributed by atoms with van der Waals surface area (Å²) in [4.78, 5) is 14.9. The van der Waals surface area contributed by atoms with E-state index in [2.05, 4.69) is 10.3 Å². The highest BCUT2D eigenvalue weighted by atomic mass is 16.1. The number of anilines is 2. The van der Waals surface area contributed by atoms with Gasteiger partial charge in [-0.25, -0.2) is 4.98 Å². The van der Waals surface area contributed by atoms with E-state index in [-0.39, 0.29) is 0 Å². The zero-order chi connectivity index (χ0) is 11.4. The number of carbonyl (C=O) groups excluding carboxylic acids is 1. The van der Waals surface area contributed by atoms with Crippen LogP contribution in [0.3, 0.4) is 0 Å². The number of carbonyl (C=O) groups is 1. The van der Waals surface area contributed by atoms with Crippen molar-refractivity contribution < 1.29 is 4.79 Å². The minimum Gasteiger partial charge on any atom is -0.340 e. The molecule has 0 atom stereocenters. The van der Waals surface area contributed by atoms with Crippen LogP contribution in [-0.4, -0.2) is 11.3 Å². The SMILES string of the molecule is Cc1cccc(Nc2ncccc2C=O)c1. The molecule has 2 rings (SSSR count). The van der Waals surface area contributed by atoms with Crippen LogP contribution in [0, 0.1) is 6.92 Å². The fraction of sp³-hybridized carbons (Fsp3) is 0.0769. The number of rotatable bonds is 3. The molecule has 0 saturated carbocycles. The van der Waals surface area contributed by atoms with E-state index in [4.69, 9.17) is 0 Å². The number of aldehydes is 1. The van der Waals surface area contributed by atoms with Gasteiger partial charge in [0, 0.05) is 11.9 Å². The third-order valence-corrected chi connectivity index (χ3v) is 2.25. The number of nitrogens with zero attached hydrogens (tertiary/aromatic N) is 1. The molecular formula is C13H12N2O. The van der Waals surface area contributed by atoms with Gasteiger partial charge in [0.05, 0.1) is 5.56 Å². The van der Waals surface area contributed by atoms with Gasteiger partial charge in [0.25, 0.3) is 0 Å². The summed E-state index contributed by atoms with van der Waals surface area (Å²) < 4.78 is 0. The van der Waals surface area contributed by atoms with Crippen molar-refractivity contribution in [3.05, 3.63) is 53.7 Å². The van der Waals surface area contributed by atoms with Crippen LogP contribution in [0.5, 0.6) is 0 Å². The summed E-state index contributed by atoms with van der Waals surface area (Å²) in [5.41, 5.74) is 2.65. The van der Waals surface area contributed by atoms with E-state index in [1.807, 2.05) is 31.2 Å². The smallest absolute Gasteiger partial charge is 0.153 e. The second kappa shape index (κ2) is 4.57. The van der Waals surface area contributed by atoms with Crippen molar-refractivity contribution in [3.8, 4) is 0 Å². The van der Waals surface area contributed by atoms with Crippen LogP contribution in [0.2, 0.25) is 0 Å². The Kier molecular flexibility index (Phi) is 2.96. The second-order valence-corrected chi connectivity index (χ2v) is 3.55. The maximum Gasteiger partial charge on any atom is 0.153 e. The van der Waals surface area contributed by atoms with Gasteiger partial charge in [-0.3, -0.25) is 4.79 Å². The zero-order valence-electron chi connectivity index (χ0n) is 8.97. The fourth-order valence-electron chi connectivity index (χ4n) is 1.48. The van der Waals surface area contributed by atoms with Crippen molar-refractivity contribution >= 4 is 17.8 Å². The Hall–Kier alpha value is -2.16. The van der Waals surface area contributed by atoms with Crippen molar-refractivity contribution in [2.45, 2.75) is 6.92 Å². The minimum atomic E-state index is 0.559. The van der Waals surface area contributed by atoms with Crippen LogP contribution in [-0.2, 0) is 0 Å². The summed E-state index contributed by atoms with van der Waals surface area (Å²) in [6, 6.07) is 11.4. The van der Waals surface area contributed by atoms with Crippen molar-refractivity contribution in [1.29, 1.82) is 0 Å². The summed E-state index contributed by atoms with van der Waals surface area (Å²) in [6.45, 7) is 2.02. The predicted molar refractivity (Wildman–Crippen MR) is 64.1 cm³/mol. The predicted octanol–water partition coefficient (Wildman–Crippen LogP) is 2.95. The molecule has 0 spiro atoms. The molecule has 0 aliphatic heterocycles. The van der Waals surface area contributed by atoms with Gasteiger partial charge in [-0.1, -0.05) is 12.1 Å². The largest absolute Gasteiger partial charge is 0.340 e. The molecule has 0 radical (unpaired) electrons. The van der Waals surface area contributed by atoms with E-state index in [1.54, 1.807) is 18.3 Å². The molecule has 0 unspecified atom stereocenters. The topological polar surface area (TPSA) is 42.0 Å². The maximum absolute atomic E-state index is 10.8. The maximum atomic E-state index is 10.8. The van der Waals surface area contributed by atoms with Crippen molar-refractivity contribution in [1.82, 2.24) is 4.98 Å². The molecule has 1 heterocycles. The number of nitrogens with one attached hydrogen (secondary N) is 1. The molecule has 0 fully saturated rings. The van der Waals surface area contributed by atoms with E-state index in [9.17, 15) is 4.79 Å². The Morgan fingerprint density at radius 1 is 1.25 bits per heavy atom. The van der Waals surface area contributed by atoms with Gasteiger partial charge < -0.3 is 5.32 Å². The molecule has 1 aromatic heterocycles. The zero-order valence-corrected chi connectivity index (χ0v) is 8.97. The van der Waals surface area contributed by atoms with E-state index in [0.717, 1.165) is 17.5 Å². The van der Waals surface area contributed by atoms with Gasteiger partial charge in [0.2, 0.25) is 0 Å². The van der Waals surface area contributed by atoms with Gasteiger partial charge >= 0.3 is 0 Å². The van der Waals surface area contributed by atoms with Gasteiger partial charge in [-0.15, -0.1) is 0 Å². The first-order valence-corrected chi connectivity index (χ1v) is 5.03. The van der Waals surface area contributed by atoms with Crippen molar-refractivity contribution in [3.63, 3.8) is 0 Å². The lowest BCUT2D eigenvalue weighted by atomic mass is 10.2. The Morgan fingerprint density at radius 3 is 2.88 bits per heavy atom. The molecule has 0 aliphatic carbocycles. The van der Waals surface area contributed by atoms with E-state index in [0.29, 0.717) is 11.4 Å². The molecule has 1 N–H and O–H groups in total. The normalized spacial score (nSPS) is 9.81. The first-order chi connectivity index (χ1) is 7.79. The van der Waals surface area contributed by atoms with Crippen LogP contribution < -0.4 is 5.32 Å². The molecule has 1 aromatic carbocycles.